The Morgan fingerprint density at radius 1 is 1.05 bits per heavy atom. The van der Waals surface area contributed by atoms with Gasteiger partial charge in [-0.25, -0.2) is 0 Å². The monoisotopic (exact) mass is 343 g/mol. The third kappa shape index (κ3) is 2.88. The molecule has 4 N–H and O–H groups in total. The average molecular weight is 345 g/mol. The summed E-state index contributed by atoms with van der Waals surface area (Å²) in [5.41, 5.74) is 1.22. The highest BCUT2D eigenvalue weighted by molar-refractivity contribution is 9.10. The van der Waals surface area contributed by atoms with Crippen LogP contribution in [-0.2, 0) is 6.54 Å². The highest BCUT2D eigenvalue weighted by Gasteiger charge is 2.11. The number of phenols is 3. The minimum absolute atomic E-state index is 0.276. The van der Waals surface area contributed by atoms with Crippen LogP contribution in [0.2, 0.25) is 5.02 Å². The number of aromatic hydroxyl groups is 3. The van der Waals surface area contributed by atoms with Gasteiger partial charge in [0.25, 0.3) is 0 Å². The van der Waals surface area contributed by atoms with Crippen LogP contribution in [0.5, 0.6) is 17.2 Å². The maximum Gasteiger partial charge on any atom is 0.200 e. The molecule has 0 aromatic heterocycles. The molecule has 0 heterocycles. The number of anilines is 1. The highest BCUT2D eigenvalue weighted by Crippen LogP contribution is 2.37. The van der Waals surface area contributed by atoms with Gasteiger partial charge < -0.3 is 20.6 Å². The largest absolute Gasteiger partial charge is 0.504 e. The van der Waals surface area contributed by atoms with Gasteiger partial charge in [0.05, 0.1) is 15.2 Å². The van der Waals surface area contributed by atoms with Crippen molar-refractivity contribution in [3.05, 3.63) is 45.4 Å². The smallest absolute Gasteiger partial charge is 0.200 e. The molecule has 0 aliphatic heterocycles. The normalized spacial score (nSPS) is 10.4. The van der Waals surface area contributed by atoms with Gasteiger partial charge in [-0.05, 0) is 40.2 Å². The molecule has 4 nitrogen and oxygen atoms in total. The fraction of sp³-hybridized carbons (Fsp3) is 0.0769. The summed E-state index contributed by atoms with van der Waals surface area (Å²) >= 11 is 9.32. The first-order chi connectivity index (χ1) is 9.00. The Hall–Kier alpha value is -1.59. The second kappa shape index (κ2) is 5.59. The van der Waals surface area contributed by atoms with E-state index in [2.05, 4.69) is 21.2 Å². The Morgan fingerprint density at radius 3 is 2.53 bits per heavy atom. The van der Waals surface area contributed by atoms with Crippen molar-refractivity contribution in [1.29, 1.82) is 0 Å². The van der Waals surface area contributed by atoms with E-state index in [4.69, 9.17) is 11.6 Å². The summed E-state index contributed by atoms with van der Waals surface area (Å²) in [6, 6.07) is 8.21. The molecule has 0 atom stereocenters. The van der Waals surface area contributed by atoms with Gasteiger partial charge in [-0.1, -0.05) is 17.7 Å². The van der Waals surface area contributed by atoms with Crippen LogP contribution in [-0.4, -0.2) is 15.3 Å². The molecule has 0 radical (unpaired) electrons. The Labute approximate surface area is 123 Å². The first-order valence-corrected chi connectivity index (χ1v) is 6.58. The lowest BCUT2D eigenvalue weighted by atomic mass is 10.1. The number of halogens is 2. The van der Waals surface area contributed by atoms with E-state index < -0.39 is 5.75 Å². The highest BCUT2D eigenvalue weighted by atomic mass is 79.9. The second-order valence-electron chi connectivity index (χ2n) is 3.90. The van der Waals surface area contributed by atoms with E-state index in [-0.39, 0.29) is 18.0 Å². The molecule has 0 aliphatic rings. The maximum absolute atomic E-state index is 9.69. The van der Waals surface area contributed by atoms with Gasteiger partial charge in [-0.15, -0.1) is 0 Å². The van der Waals surface area contributed by atoms with Crippen molar-refractivity contribution >= 4 is 33.2 Å². The van der Waals surface area contributed by atoms with Crippen molar-refractivity contribution in [3.8, 4) is 17.2 Å². The number of nitrogens with one attached hydrogen (secondary N) is 1. The summed E-state index contributed by atoms with van der Waals surface area (Å²) in [5, 5.41) is 32.0. The van der Waals surface area contributed by atoms with Crippen LogP contribution in [0.4, 0.5) is 5.69 Å². The predicted molar refractivity (Wildman–Crippen MR) is 77.9 cm³/mol. The fourth-order valence-corrected chi connectivity index (χ4v) is 2.16. The molecule has 0 spiro atoms. The number of phenolic OH excluding ortho intramolecular Hbond substituents is 3. The average Bonchev–Trinajstić information content (AvgIpc) is 2.40. The van der Waals surface area contributed by atoms with Crippen molar-refractivity contribution in [1.82, 2.24) is 0 Å². The number of benzene rings is 2. The number of hydrogen-bond donors (Lipinski definition) is 4. The summed E-state index contributed by atoms with van der Waals surface area (Å²) in [7, 11) is 0. The maximum atomic E-state index is 9.69. The molecular formula is C13H11BrClNO3. The molecule has 0 bridgehead atoms. The van der Waals surface area contributed by atoms with E-state index in [1.807, 2.05) is 6.07 Å². The standard InChI is InChI=1S/C13H11BrClNO3/c14-11-8(15)2-1-3-9(11)16-6-7-4-5-10(17)13(19)12(7)18/h1-5,16-19H,6H2. The molecule has 6 heteroatoms. The van der Waals surface area contributed by atoms with Crippen molar-refractivity contribution in [2.24, 2.45) is 0 Å². The first-order valence-electron chi connectivity index (χ1n) is 5.41. The predicted octanol–water partition coefficient (Wildman–Crippen LogP) is 3.83. The van der Waals surface area contributed by atoms with Crippen LogP contribution in [0.3, 0.4) is 0 Å². The zero-order valence-corrected chi connectivity index (χ0v) is 12.0. The lowest BCUT2D eigenvalue weighted by Gasteiger charge is -2.11. The van der Waals surface area contributed by atoms with Crippen molar-refractivity contribution in [2.75, 3.05) is 5.32 Å². The molecule has 0 aliphatic carbocycles. The third-order valence-electron chi connectivity index (χ3n) is 2.63. The van der Waals surface area contributed by atoms with Gasteiger partial charge in [0.15, 0.2) is 11.5 Å². The van der Waals surface area contributed by atoms with Crippen LogP contribution in [0.25, 0.3) is 0 Å². The molecule has 100 valence electrons. The Bertz CT molecular complexity index is 619. The van der Waals surface area contributed by atoms with Crippen molar-refractivity contribution in [2.45, 2.75) is 6.54 Å². The Balaban J connectivity index is 2.20. The number of hydrogen-bond acceptors (Lipinski definition) is 4. The summed E-state index contributed by atoms with van der Waals surface area (Å²) in [4.78, 5) is 0. The lowest BCUT2D eigenvalue weighted by molar-refractivity contribution is 0.365. The molecule has 19 heavy (non-hydrogen) atoms. The first kappa shape index (κ1) is 13.8. The zero-order valence-electron chi connectivity index (χ0n) is 9.69. The quantitative estimate of drug-likeness (QED) is 0.639. The molecule has 2 aromatic rings. The van der Waals surface area contributed by atoms with E-state index in [1.54, 1.807) is 12.1 Å². The van der Waals surface area contributed by atoms with Gasteiger partial charge in [0.2, 0.25) is 5.75 Å². The van der Waals surface area contributed by atoms with E-state index in [0.29, 0.717) is 10.6 Å². The van der Waals surface area contributed by atoms with Gasteiger partial charge >= 0.3 is 0 Å². The van der Waals surface area contributed by atoms with Crippen LogP contribution >= 0.6 is 27.5 Å². The zero-order chi connectivity index (χ0) is 14.0. The Kier molecular flexibility index (Phi) is 4.07. The van der Waals surface area contributed by atoms with Crippen LogP contribution in [0.15, 0.2) is 34.8 Å². The lowest BCUT2D eigenvalue weighted by Crippen LogP contribution is -2.00. The SMILES string of the molecule is Oc1ccc(CNc2cccc(Cl)c2Br)c(O)c1O. The van der Waals surface area contributed by atoms with Crippen LogP contribution in [0, 0.1) is 0 Å². The van der Waals surface area contributed by atoms with E-state index in [9.17, 15) is 15.3 Å². The summed E-state index contributed by atoms with van der Waals surface area (Å²) in [6.45, 7) is 0.276. The van der Waals surface area contributed by atoms with Gasteiger partial charge in [0.1, 0.15) is 0 Å². The minimum Gasteiger partial charge on any atom is -0.504 e. The third-order valence-corrected chi connectivity index (χ3v) is 4.03. The molecule has 0 fully saturated rings. The summed E-state index contributed by atoms with van der Waals surface area (Å²) in [5.74, 6) is -1.22. The van der Waals surface area contributed by atoms with E-state index >= 15 is 0 Å². The van der Waals surface area contributed by atoms with Crippen molar-refractivity contribution < 1.29 is 15.3 Å². The van der Waals surface area contributed by atoms with Crippen LogP contribution < -0.4 is 5.32 Å². The molecular weight excluding hydrogens is 334 g/mol. The molecule has 0 unspecified atom stereocenters. The molecule has 2 aromatic carbocycles. The van der Waals surface area contributed by atoms with Crippen LogP contribution in [0.1, 0.15) is 5.56 Å². The second-order valence-corrected chi connectivity index (χ2v) is 5.10. The fourth-order valence-electron chi connectivity index (χ4n) is 1.58. The van der Waals surface area contributed by atoms with E-state index in [0.717, 1.165) is 10.2 Å². The van der Waals surface area contributed by atoms with E-state index in [1.165, 1.54) is 12.1 Å². The molecule has 2 rings (SSSR count). The number of rotatable bonds is 3. The summed E-state index contributed by atoms with van der Waals surface area (Å²) in [6.07, 6.45) is 0. The molecule has 0 saturated heterocycles. The van der Waals surface area contributed by atoms with Crippen molar-refractivity contribution in [3.63, 3.8) is 0 Å². The van der Waals surface area contributed by atoms with Gasteiger partial charge in [-0.3, -0.25) is 0 Å². The molecule has 0 saturated carbocycles. The van der Waals surface area contributed by atoms with Gasteiger partial charge in [0, 0.05) is 12.1 Å². The summed E-state index contributed by atoms with van der Waals surface area (Å²) < 4.78 is 0.721. The topological polar surface area (TPSA) is 72.7 Å². The Morgan fingerprint density at radius 2 is 1.79 bits per heavy atom. The van der Waals surface area contributed by atoms with Gasteiger partial charge in [-0.2, -0.15) is 0 Å². The molecule has 0 amide bonds. The minimum atomic E-state index is -0.524.